The first-order chi connectivity index (χ1) is 3.43. The molecule has 0 radical (unpaired) electrons. The molecule has 1 aromatic heterocycles. The zero-order chi connectivity index (χ0) is 5.11. The number of rotatable bonds is 1. The third kappa shape index (κ3) is 1.36. The van der Waals surface area contributed by atoms with Gasteiger partial charge in [0, 0.05) is 0 Å². The van der Waals surface area contributed by atoms with E-state index < -0.39 is 0 Å². The van der Waals surface area contributed by atoms with Gasteiger partial charge < -0.3 is 0 Å². The van der Waals surface area contributed by atoms with Gasteiger partial charge in [0.25, 0.3) is 0 Å². The van der Waals surface area contributed by atoms with Crippen LogP contribution in [0.15, 0.2) is 18.7 Å². The zero-order valence-corrected chi connectivity index (χ0v) is 6.77. The summed E-state index contributed by atoms with van der Waals surface area (Å²) in [7, 11) is 2.74. The van der Waals surface area contributed by atoms with Gasteiger partial charge in [0.15, 0.2) is 0 Å². The molecule has 0 bridgehead atoms. The first kappa shape index (κ1) is 5.46. The van der Waals surface area contributed by atoms with Gasteiger partial charge in [-0.15, -0.1) is 0 Å². The van der Waals surface area contributed by atoms with Crippen LogP contribution in [0.1, 0.15) is 0 Å². The molecule has 1 atom stereocenters. The third-order valence-corrected chi connectivity index (χ3v) is 3.17. The molecule has 0 aliphatic carbocycles. The average molecular weight is 196 g/mol. The standard InChI is InChI=1S/C3H3N2.Mo.H2P/c1-2-5-3-4-1;;/h1-3H;;1H2/q-1;+2;-1. The van der Waals surface area contributed by atoms with Gasteiger partial charge in [0.1, 0.15) is 0 Å². The normalized spacial score (nSPS) is 9.29. The molecular formula is C3H5MoN2P. The van der Waals surface area contributed by atoms with E-state index in [9.17, 15) is 0 Å². The summed E-state index contributed by atoms with van der Waals surface area (Å²) in [5.41, 5.74) is 0. The van der Waals surface area contributed by atoms with E-state index >= 15 is 0 Å². The van der Waals surface area contributed by atoms with Crippen LogP contribution in [0.3, 0.4) is 0 Å². The minimum atomic E-state index is -0.0300. The van der Waals surface area contributed by atoms with E-state index in [1.54, 1.807) is 6.20 Å². The van der Waals surface area contributed by atoms with Crippen molar-refractivity contribution in [2.45, 2.75) is 0 Å². The van der Waals surface area contributed by atoms with Crippen LogP contribution in [-0.4, -0.2) is 8.11 Å². The summed E-state index contributed by atoms with van der Waals surface area (Å²) in [6.45, 7) is 0. The second-order valence-electron chi connectivity index (χ2n) is 1.03. The van der Waals surface area contributed by atoms with Gasteiger partial charge in [-0.25, -0.2) is 0 Å². The van der Waals surface area contributed by atoms with E-state index in [0.29, 0.717) is 0 Å². The van der Waals surface area contributed by atoms with Crippen molar-refractivity contribution < 1.29 is 18.3 Å². The monoisotopic (exact) mass is 198 g/mol. The van der Waals surface area contributed by atoms with E-state index in [1.165, 1.54) is 0 Å². The van der Waals surface area contributed by atoms with Crippen LogP contribution in [0.25, 0.3) is 0 Å². The summed E-state index contributed by atoms with van der Waals surface area (Å²) < 4.78 is 2.11. The molecule has 1 rings (SSSR count). The zero-order valence-electron chi connectivity index (χ0n) is 3.61. The molecule has 0 aliphatic heterocycles. The van der Waals surface area contributed by atoms with Gasteiger partial charge in [-0.2, -0.15) is 0 Å². The Morgan fingerprint density at radius 2 is 2.57 bits per heavy atom. The Labute approximate surface area is 52.8 Å². The molecule has 4 heteroatoms. The summed E-state index contributed by atoms with van der Waals surface area (Å²) in [4.78, 5) is 3.88. The molecule has 7 heavy (non-hydrogen) atoms. The van der Waals surface area contributed by atoms with Crippen molar-refractivity contribution in [3.05, 3.63) is 18.7 Å². The van der Waals surface area contributed by atoms with Crippen molar-refractivity contribution in [2.75, 3.05) is 0 Å². The van der Waals surface area contributed by atoms with Gasteiger partial charge in [-0.3, -0.25) is 0 Å². The Morgan fingerprint density at radius 1 is 1.71 bits per heavy atom. The number of hydrogen-bond donors (Lipinski definition) is 0. The van der Waals surface area contributed by atoms with Crippen LogP contribution in [0, 0.1) is 0 Å². The maximum absolute atomic E-state index is 3.88. The number of aromatic nitrogens is 2. The quantitative estimate of drug-likeness (QED) is 0.472. The van der Waals surface area contributed by atoms with Crippen molar-refractivity contribution in [2.24, 2.45) is 0 Å². The van der Waals surface area contributed by atoms with Gasteiger partial charge in [0.05, 0.1) is 0 Å². The van der Waals surface area contributed by atoms with Crippen LogP contribution < -0.4 is 0 Å². The fourth-order valence-corrected chi connectivity index (χ4v) is 1.62. The Hall–Kier alpha value is 0.328. The van der Waals surface area contributed by atoms with Crippen molar-refractivity contribution in [3.63, 3.8) is 0 Å². The summed E-state index contributed by atoms with van der Waals surface area (Å²) in [6.07, 6.45) is 5.62. The topological polar surface area (TPSA) is 17.8 Å². The molecule has 38 valence electrons. The first-order valence-electron chi connectivity index (χ1n) is 1.78. The fraction of sp³-hybridized carbons (Fsp3) is 0. The fourth-order valence-electron chi connectivity index (χ4n) is 0.309. The summed E-state index contributed by atoms with van der Waals surface area (Å²) >= 11 is -0.0300. The molecule has 0 spiro atoms. The molecule has 1 unspecified atom stereocenters. The maximum atomic E-state index is 3.88. The predicted octanol–water partition coefficient (Wildman–Crippen LogP) is 0.519. The van der Waals surface area contributed by atoms with Crippen LogP contribution in [0.4, 0.5) is 0 Å². The van der Waals surface area contributed by atoms with Crippen molar-refractivity contribution in [3.8, 4) is 0 Å². The summed E-state index contributed by atoms with van der Waals surface area (Å²) in [6, 6.07) is 0. The van der Waals surface area contributed by atoms with E-state index in [2.05, 4.69) is 15.4 Å². The molecule has 0 N–H and O–H groups in total. The number of nitrogens with zero attached hydrogens (tertiary/aromatic N) is 2. The number of hydrogen-bond acceptors (Lipinski definition) is 1. The molecule has 1 aromatic rings. The first-order valence-corrected chi connectivity index (χ1v) is 6.63. The SMILES string of the molecule is [PH2][Mo][n]1ccnc1. The average Bonchev–Trinajstić information content (AvgIpc) is 2.14. The molecule has 2 nitrogen and oxygen atoms in total. The van der Waals surface area contributed by atoms with Gasteiger partial charge in [-0.1, -0.05) is 0 Å². The van der Waals surface area contributed by atoms with Crippen molar-refractivity contribution >= 4 is 7.33 Å². The third-order valence-electron chi connectivity index (χ3n) is 0.602. The van der Waals surface area contributed by atoms with Crippen molar-refractivity contribution in [1.82, 2.24) is 8.11 Å². The van der Waals surface area contributed by atoms with Crippen LogP contribution in [0.2, 0.25) is 0 Å². The van der Waals surface area contributed by atoms with E-state index in [-0.39, 0.29) is 18.3 Å². The predicted molar refractivity (Wildman–Crippen MR) is 27.3 cm³/mol. The molecule has 0 amide bonds. The Morgan fingerprint density at radius 3 is 2.86 bits per heavy atom. The molecule has 0 saturated carbocycles. The molecule has 0 saturated heterocycles. The molecule has 1 heterocycles. The van der Waals surface area contributed by atoms with E-state index in [0.717, 1.165) is 0 Å². The van der Waals surface area contributed by atoms with E-state index in [1.807, 2.05) is 12.5 Å². The summed E-state index contributed by atoms with van der Waals surface area (Å²) in [5.74, 6) is 0. The van der Waals surface area contributed by atoms with Crippen LogP contribution in [0.5, 0.6) is 0 Å². The molecule has 0 fully saturated rings. The Kier molecular flexibility index (Phi) is 2.02. The van der Waals surface area contributed by atoms with Gasteiger partial charge >= 0.3 is 52.5 Å². The Bertz CT molecular complexity index is 127. The van der Waals surface area contributed by atoms with E-state index in [4.69, 9.17) is 0 Å². The molecule has 0 aromatic carbocycles. The Balaban J connectivity index is 2.76. The van der Waals surface area contributed by atoms with Gasteiger partial charge in [0.2, 0.25) is 0 Å². The number of imidazole rings is 1. The second-order valence-corrected chi connectivity index (χ2v) is 3.83. The van der Waals surface area contributed by atoms with Crippen LogP contribution >= 0.6 is 7.33 Å². The second kappa shape index (κ2) is 2.59. The van der Waals surface area contributed by atoms with Crippen LogP contribution in [-0.2, 0) is 18.3 Å². The minimum absolute atomic E-state index is 0.0300. The van der Waals surface area contributed by atoms with Gasteiger partial charge in [-0.05, 0) is 0 Å². The summed E-state index contributed by atoms with van der Waals surface area (Å²) in [5, 5.41) is 0. The van der Waals surface area contributed by atoms with Crippen molar-refractivity contribution in [1.29, 1.82) is 0 Å². The molecular weight excluding hydrogens is 191 g/mol. The molecule has 0 aliphatic rings.